The highest BCUT2D eigenvalue weighted by Gasteiger charge is 2.44. The zero-order valence-corrected chi connectivity index (χ0v) is 12.0. The molecule has 1 aromatic carbocycles. The molecule has 4 nitrogen and oxygen atoms in total. The van der Waals surface area contributed by atoms with Crippen molar-refractivity contribution in [3.63, 3.8) is 0 Å². The summed E-state index contributed by atoms with van der Waals surface area (Å²) >= 11 is 0. The molecule has 1 atom stereocenters. The number of hydrogen-bond acceptors (Lipinski definition) is 4. The van der Waals surface area contributed by atoms with E-state index in [4.69, 9.17) is 4.74 Å². The number of nitrogens with one attached hydrogen (secondary N) is 1. The van der Waals surface area contributed by atoms with Crippen molar-refractivity contribution in [2.75, 3.05) is 39.3 Å². The molecule has 1 aliphatic carbocycles. The molecule has 0 radical (unpaired) electrons. The second-order valence-corrected chi connectivity index (χ2v) is 5.40. The summed E-state index contributed by atoms with van der Waals surface area (Å²) in [4.78, 5) is 2.17. The van der Waals surface area contributed by atoms with E-state index in [0.29, 0.717) is 5.92 Å². The quantitative estimate of drug-likeness (QED) is 0.783. The zero-order valence-electron chi connectivity index (χ0n) is 12.0. The molecule has 1 fully saturated rings. The number of methoxy groups -OCH3 is 1. The van der Waals surface area contributed by atoms with Gasteiger partial charge in [0, 0.05) is 25.3 Å². The van der Waals surface area contributed by atoms with Crippen LogP contribution in [0.3, 0.4) is 0 Å². The van der Waals surface area contributed by atoms with E-state index < -0.39 is 0 Å². The third kappa shape index (κ3) is 3.01. The lowest BCUT2D eigenvalue weighted by Crippen LogP contribution is -2.56. The second-order valence-electron chi connectivity index (χ2n) is 5.40. The van der Waals surface area contributed by atoms with Crippen LogP contribution in [0.4, 0.5) is 5.69 Å². The molecule has 1 aromatic rings. The highest BCUT2D eigenvalue weighted by molar-refractivity contribution is 5.50. The molecule has 0 heterocycles. The number of hydrogen-bond donors (Lipinski definition) is 2. The van der Waals surface area contributed by atoms with E-state index in [1.54, 1.807) is 7.11 Å². The average molecular weight is 264 g/mol. The van der Waals surface area contributed by atoms with Crippen molar-refractivity contribution >= 4 is 5.69 Å². The minimum atomic E-state index is -0.197. The van der Waals surface area contributed by atoms with Gasteiger partial charge in [-0.25, -0.2) is 0 Å². The van der Waals surface area contributed by atoms with E-state index in [1.807, 2.05) is 25.2 Å². The fraction of sp³-hybridized carbons (Fsp3) is 0.600. The van der Waals surface area contributed by atoms with Crippen molar-refractivity contribution in [1.29, 1.82) is 0 Å². The second kappa shape index (κ2) is 5.80. The Bertz CT molecular complexity index is 414. The fourth-order valence-corrected chi connectivity index (χ4v) is 2.67. The van der Waals surface area contributed by atoms with Crippen LogP contribution >= 0.6 is 0 Å². The molecule has 0 saturated heterocycles. The standard InChI is InChI=1S/C15H24N2O2/c1-16-15(11-18,12-7-8-12)10-17(2)13-5-4-6-14(9-13)19-3/h4-6,9,12,16,18H,7-8,10-11H2,1-3H3. The van der Waals surface area contributed by atoms with Crippen molar-refractivity contribution in [1.82, 2.24) is 5.32 Å². The molecule has 2 N–H and O–H groups in total. The average Bonchev–Trinajstić information content (AvgIpc) is 3.29. The molecule has 2 rings (SSSR count). The highest BCUT2D eigenvalue weighted by Crippen LogP contribution is 2.40. The van der Waals surface area contributed by atoms with Gasteiger partial charge in [0.05, 0.1) is 19.3 Å². The van der Waals surface area contributed by atoms with Crippen LogP contribution in [0.25, 0.3) is 0 Å². The maximum atomic E-state index is 9.77. The maximum absolute atomic E-state index is 9.77. The van der Waals surface area contributed by atoms with Crippen LogP contribution in [-0.4, -0.2) is 45.0 Å². The van der Waals surface area contributed by atoms with E-state index in [1.165, 1.54) is 12.8 Å². The predicted octanol–water partition coefficient (Wildman–Crippen LogP) is 1.49. The minimum Gasteiger partial charge on any atom is -0.497 e. The number of aliphatic hydroxyl groups excluding tert-OH is 1. The van der Waals surface area contributed by atoms with E-state index in [0.717, 1.165) is 18.0 Å². The third-order valence-electron chi connectivity index (χ3n) is 4.15. The summed E-state index contributed by atoms with van der Waals surface area (Å²) in [6.07, 6.45) is 2.40. The van der Waals surface area contributed by atoms with Crippen LogP contribution in [-0.2, 0) is 0 Å². The summed E-state index contributed by atoms with van der Waals surface area (Å²) in [5, 5.41) is 13.1. The molecule has 0 bridgehead atoms. The Morgan fingerprint density at radius 3 is 2.74 bits per heavy atom. The molecular weight excluding hydrogens is 240 g/mol. The van der Waals surface area contributed by atoms with Gasteiger partial charge in [0.25, 0.3) is 0 Å². The Kier molecular flexibility index (Phi) is 4.32. The largest absolute Gasteiger partial charge is 0.497 e. The third-order valence-corrected chi connectivity index (χ3v) is 4.15. The molecular formula is C15H24N2O2. The van der Waals surface area contributed by atoms with Crippen LogP contribution in [0.5, 0.6) is 5.75 Å². The smallest absolute Gasteiger partial charge is 0.120 e. The molecule has 19 heavy (non-hydrogen) atoms. The molecule has 4 heteroatoms. The van der Waals surface area contributed by atoms with Crippen LogP contribution in [0.1, 0.15) is 12.8 Å². The SMILES string of the molecule is CNC(CO)(CN(C)c1cccc(OC)c1)C1CC1. The maximum Gasteiger partial charge on any atom is 0.120 e. The van der Waals surface area contributed by atoms with Crippen LogP contribution in [0.2, 0.25) is 0 Å². The number of nitrogens with zero attached hydrogens (tertiary/aromatic N) is 1. The Labute approximate surface area is 115 Å². The minimum absolute atomic E-state index is 0.169. The zero-order chi connectivity index (χ0) is 13.9. The lowest BCUT2D eigenvalue weighted by molar-refractivity contribution is 0.153. The normalized spacial score (nSPS) is 17.9. The molecule has 1 saturated carbocycles. The number of anilines is 1. The van der Waals surface area contributed by atoms with E-state index in [2.05, 4.69) is 23.3 Å². The number of rotatable bonds is 7. The van der Waals surface area contributed by atoms with Crippen molar-refractivity contribution in [2.45, 2.75) is 18.4 Å². The first-order valence-corrected chi connectivity index (χ1v) is 6.80. The van der Waals surface area contributed by atoms with Gasteiger partial charge in [-0.3, -0.25) is 0 Å². The Balaban J connectivity index is 2.12. The summed E-state index contributed by atoms with van der Waals surface area (Å²) in [6, 6.07) is 8.01. The van der Waals surface area contributed by atoms with Gasteiger partial charge >= 0.3 is 0 Å². The predicted molar refractivity (Wildman–Crippen MR) is 77.9 cm³/mol. The molecule has 0 amide bonds. The van der Waals surface area contributed by atoms with E-state index >= 15 is 0 Å². The van der Waals surface area contributed by atoms with Gasteiger partial charge in [-0.05, 0) is 37.9 Å². The van der Waals surface area contributed by atoms with Crippen LogP contribution < -0.4 is 15.0 Å². The van der Waals surface area contributed by atoms with Gasteiger partial charge in [-0.1, -0.05) is 6.07 Å². The molecule has 106 valence electrons. The van der Waals surface area contributed by atoms with Gasteiger partial charge in [-0.15, -0.1) is 0 Å². The molecule has 0 aliphatic heterocycles. The Hall–Kier alpha value is -1.26. The first-order chi connectivity index (χ1) is 9.15. The van der Waals surface area contributed by atoms with E-state index in [9.17, 15) is 5.11 Å². The topological polar surface area (TPSA) is 44.7 Å². The summed E-state index contributed by atoms with van der Waals surface area (Å²) in [7, 11) is 5.67. The van der Waals surface area contributed by atoms with Crippen molar-refractivity contribution < 1.29 is 9.84 Å². The lowest BCUT2D eigenvalue weighted by Gasteiger charge is -2.36. The number of ether oxygens (including phenoxy) is 1. The van der Waals surface area contributed by atoms with Gasteiger partial charge in [-0.2, -0.15) is 0 Å². The molecule has 1 unspecified atom stereocenters. The molecule has 1 aliphatic rings. The van der Waals surface area contributed by atoms with Crippen molar-refractivity contribution in [3.05, 3.63) is 24.3 Å². The van der Waals surface area contributed by atoms with Gasteiger partial charge < -0.3 is 20.1 Å². The van der Waals surface area contributed by atoms with E-state index in [-0.39, 0.29) is 12.1 Å². The summed E-state index contributed by atoms with van der Waals surface area (Å²) in [6.45, 7) is 0.959. The lowest BCUT2D eigenvalue weighted by atomic mass is 9.93. The van der Waals surface area contributed by atoms with Crippen LogP contribution in [0, 0.1) is 5.92 Å². The Morgan fingerprint density at radius 2 is 2.21 bits per heavy atom. The summed E-state index contributed by atoms with van der Waals surface area (Å²) < 4.78 is 5.26. The van der Waals surface area contributed by atoms with Crippen molar-refractivity contribution in [2.24, 2.45) is 5.92 Å². The molecule has 0 spiro atoms. The molecule has 0 aromatic heterocycles. The van der Waals surface area contributed by atoms with Gasteiger partial charge in [0.1, 0.15) is 5.75 Å². The number of benzene rings is 1. The number of aliphatic hydroxyl groups is 1. The van der Waals surface area contributed by atoms with Crippen LogP contribution in [0.15, 0.2) is 24.3 Å². The van der Waals surface area contributed by atoms with Gasteiger partial charge in [0.15, 0.2) is 0 Å². The summed E-state index contributed by atoms with van der Waals surface area (Å²) in [5.74, 6) is 1.44. The van der Waals surface area contributed by atoms with Crippen molar-refractivity contribution in [3.8, 4) is 5.75 Å². The Morgan fingerprint density at radius 1 is 1.47 bits per heavy atom. The fourth-order valence-electron chi connectivity index (χ4n) is 2.67. The van der Waals surface area contributed by atoms with Gasteiger partial charge in [0.2, 0.25) is 0 Å². The monoisotopic (exact) mass is 264 g/mol. The first kappa shape index (κ1) is 14.2. The summed E-state index contributed by atoms with van der Waals surface area (Å²) in [5.41, 5.74) is 0.908. The highest BCUT2D eigenvalue weighted by atomic mass is 16.5. The number of likely N-dealkylation sites (N-methyl/N-ethyl adjacent to an activating group) is 2. The first-order valence-electron chi connectivity index (χ1n) is 6.80.